The first-order valence-corrected chi connectivity index (χ1v) is 8.36. The number of hydrogen-bond acceptors (Lipinski definition) is 3. The van der Waals surface area contributed by atoms with Crippen molar-refractivity contribution in [3.63, 3.8) is 0 Å². The van der Waals surface area contributed by atoms with Gasteiger partial charge in [0.2, 0.25) is 5.91 Å². The number of carbonyl (C=O) groups is 2. The molecule has 4 nitrogen and oxygen atoms in total. The van der Waals surface area contributed by atoms with Crippen LogP contribution in [-0.4, -0.2) is 22.7 Å². The summed E-state index contributed by atoms with van der Waals surface area (Å²) in [6.07, 6.45) is 0. The number of carbonyl (C=O) groups excluding carboxylic acids is 2. The van der Waals surface area contributed by atoms with Gasteiger partial charge in [-0.3, -0.25) is 10.1 Å². The van der Waals surface area contributed by atoms with Crippen molar-refractivity contribution in [1.29, 1.82) is 0 Å². The lowest BCUT2D eigenvalue weighted by Gasteiger charge is -2.21. The highest BCUT2D eigenvalue weighted by molar-refractivity contribution is 8.00. The second kappa shape index (κ2) is 7.68. The maximum absolute atomic E-state index is 12.0. The Morgan fingerprint density at radius 1 is 1.05 bits per heavy atom. The van der Waals surface area contributed by atoms with E-state index in [4.69, 9.17) is 0 Å². The molecule has 0 saturated carbocycles. The molecule has 0 fully saturated rings. The highest BCUT2D eigenvalue weighted by Crippen LogP contribution is 2.25. The van der Waals surface area contributed by atoms with Crippen molar-refractivity contribution in [2.45, 2.75) is 63.1 Å². The standard InChI is InChI=1S/C17H26N2O2S/c1-11(2)13-7-9-14(10-8-13)22-12(3)15(20)18-16(21)19-17(4,5)6/h7-12H,1-6H3,(H2,18,19,20,21). The minimum Gasteiger partial charge on any atom is -0.333 e. The van der Waals surface area contributed by atoms with Crippen LogP contribution in [0, 0.1) is 0 Å². The van der Waals surface area contributed by atoms with Crippen molar-refractivity contribution in [2.24, 2.45) is 0 Å². The maximum Gasteiger partial charge on any atom is 0.321 e. The summed E-state index contributed by atoms with van der Waals surface area (Å²) in [6.45, 7) is 11.7. The van der Waals surface area contributed by atoms with Crippen LogP contribution >= 0.6 is 11.8 Å². The molecule has 5 heteroatoms. The van der Waals surface area contributed by atoms with Crippen LogP contribution in [0.2, 0.25) is 0 Å². The Labute approximate surface area is 137 Å². The van der Waals surface area contributed by atoms with E-state index in [1.54, 1.807) is 6.92 Å². The minimum absolute atomic E-state index is 0.292. The molecule has 1 rings (SSSR count). The van der Waals surface area contributed by atoms with Crippen LogP contribution in [0.4, 0.5) is 4.79 Å². The average molecular weight is 322 g/mol. The van der Waals surface area contributed by atoms with E-state index in [2.05, 4.69) is 36.6 Å². The van der Waals surface area contributed by atoms with Gasteiger partial charge in [0, 0.05) is 10.4 Å². The largest absolute Gasteiger partial charge is 0.333 e. The fraction of sp³-hybridized carbons (Fsp3) is 0.529. The van der Waals surface area contributed by atoms with Gasteiger partial charge in [0.1, 0.15) is 0 Å². The summed E-state index contributed by atoms with van der Waals surface area (Å²) < 4.78 is 0. The molecule has 122 valence electrons. The summed E-state index contributed by atoms with van der Waals surface area (Å²) in [5.74, 6) is 0.195. The van der Waals surface area contributed by atoms with Gasteiger partial charge in [-0.1, -0.05) is 26.0 Å². The SMILES string of the molecule is CC(Sc1ccc(C(C)C)cc1)C(=O)NC(=O)NC(C)(C)C. The zero-order valence-corrected chi connectivity index (χ0v) is 15.0. The summed E-state index contributed by atoms with van der Waals surface area (Å²) in [5, 5.41) is 4.75. The fourth-order valence-electron chi connectivity index (χ4n) is 1.77. The first-order chi connectivity index (χ1) is 10.1. The number of amides is 3. The van der Waals surface area contributed by atoms with E-state index in [0.29, 0.717) is 5.92 Å². The van der Waals surface area contributed by atoms with Crippen LogP contribution in [0.15, 0.2) is 29.2 Å². The lowest BCUT2D eigenvalue weighted by atomic mass is 10.0. The van der Waals surface area contributed by atoms with Crippen LogP contribution in [0.3, 0.4) is 0 Å². The quantitative estimate of drug-likeness (QED) is 0.826. The van der Waals surface area contributed by atoms with Crippen molar-refractivity contribution in [3.8, 4) is 0 Å². The van der Waals surface area contributed by atoms with Crippen LogP contribution in [-0.2, 0) is 4.79 Å². The van der Waals surface area contributed by atoms with E-state index >= 15 is 0 Å². The van der Waals surface area contributed by atoms with Gasteiger partial charge in [-0.2, -0.15) is 0 Å². The van der Waals surface area contributed by atoms with Crippen molar-refractivity contribution in [1.82, 2.24) is 10.6 Å². The van der Waals surface area contributed by atoms with Gasteiger partial charge in [0.15, 0.2) is 0 Å². The molecule has 3 amide bonds. The summed E-state index contributed by atoms with van der Waals surface area (Å²) in [6, 6.07) is 7.71. The molecular formula is C17H26N2O2S. The molecule has 1 aromatic carbocycles. The van der Waals surface area contributed by atoms with E-state index in [1.807, 2.05) is 32.9 Å². The Morgan fingerprint density at radius 3 is 2.05 bits per heavy atom. The molecule has 1 unspecified atom stereocenters. The monoisotopic (exact) mass is 322 g/mol. The van der Waals surface area contributed by atoms with Gasteiger partial charge in [0.05, 0.1) is 5.25 Å². The summed E-state index contributed by atoms with van der Waals surface area (Å²) in [5.41, 5.74) is 0.902. The predicted molar refractivity (Wildman–Crippen MR) is 92.3 cm³/mol. The third-order valence-corrected chi connectivity index (χ3v) is 4.07. The Balaban J connectivity index is 2.55. The zero-order valence-electron chi connectivity index (χ0n) is 14.2. The molecule has 0 aliphatic carbocycles. The van der Waals surface area contributed by atoms with E-state index in [1.165, 1.54) is 17.3 Å². The second-order valence-electron chi connectivity index (χ2n) is 6.68. The molecule has 0 bridgehead atoms. The Bertz CT molecular complexity index is 518. The van der Waals surface area contributed by atoms with Gasteiger partial charge in [0.25, 0.3) is 0 Å². The number of thioether (sulfide) groups is 1. The zero-order chi connectivity index (χ0) is 16.9. The van der Waals surface area contributed by atoms with Crippen molar-refractivity contribution in [3.05, 3.63) is 29.8 Å². The molecule has 0 spiro atoms. The van der Waals surface area contributed by atoms with Crippen molar-refractivity contribution >= 4 is 23.7 Å². The molecule has 22 heavy (non-hydrogen) atoms. The second-order valence-corrected chi connectivity index (χ2v) is 8.09. The number of benzene rings is 1. The summed E-state index contributed by atoms with van der Waals surface area (Å²) >= 11 is 1.44. The van der Waals surface area contributed by atoms with E-state index in [0.717, 1.165) is 4.90 Å². The molecule has 0 aromatic heterocycles. The maximum atomic E-state index is 12.0. The highest BCUT2D eigenvalue weighted by atomic mass is 32.2. The number of nitrogens with one attached hydrogen (secondary N) is 2. The summed E-state index contributed by atoms with van der Waals surface area (Å²) in [7, 11) is 0. The van der Waals surface area contributed by atoms with Gasteiger partial charge in [-0.25, -0.2) is 4.79 Å². The molecule has 0 saturated heterocycles. The number of imide groups is 1. The normalized spacial score (nSPS) is 12.9. The van der Waals surface area contributed by atoms with E-state index < -0.39 is 6.03 Å². The van der Waals surface area contributed by atoms with Crippen LogP contribution in [0.1, 0.15) is 53.0 Å². The number of urea groups is 1. The average Bonchev–Trinajstić information content (AvgIpc) is 2.36. The van der Waals surface area contributed by atoms with Gasteiger partial charge < -0.3 is 5.32 Å². The third kappa shape index (κ3) is 6.52. The Hall–Kier alpha value is -1.49. The highest BCUT2D eigenvalue weighted by Gasteiger charge is 2.20. The topological polar surface area (TPSA) is 58.2 Å². The van der Waals surface area contributed by atoms with Crippen molar-refractivity contribution in [2.75, 3.05) is 0 Å². The molecule has 2 N–H and O–H groups in total. The molecular weight excluding hydrogens is 296 g/mol. The molecule has 1 atom stereocenters. The summed E-state index contributed by atoms with van der Waals surface area (Å²) in [4.78, 5) is 24.7. The first kappa shape index (κ1) is 18.6. The predicted octanol–water partition coefficient (Wildman–Crippen LogP) is 3.91. The lowest BCUT2D eigenvalue weighted by molar-refractivity contribution is -0.119. The van der Waals surface area contributed by atoms with Crippen LogP contribution in [0.25, 0.3) is 0 Å². The van der Waals surface area contributed by atoms with Gasteiger partial charge >= 0.3 is 6.03 Å². The van der Waals surface area contributed by atoms with E-state index in [-0.39, 0.29) is 16.7 Å². The molecule has 0 aliphatic heterocycles. The molecule has 1 aromatic rings. The van der Waals surface area contributed by atoms with Gasteiger partial charge in [-0.05, 0) is 51.3 Å². The van der Waals surface area contributed by atoms with Crippen LogP contribution < -0.4 is 10.6 Å². The molecule has 0 radical (unpaired) electrons. The Morgan fingerprint density at radius 2 is 1.59 bits per heavy atom. The smallest absolute Gasteiger partial charge is 0.321 e. The fourth-order valence-corrected chi connectivity index (χ4v) is 2.64. The molecule has 0 heterocycles. The minimum atomic E-state index is -0.458. The number of rotatable bonds is 4. The first-order valence-electron chi connectivity index (χ1n) is 7.48. The third-order valence-electron chi connectivity index (χ3n) is 2.95. The van der Waals surface area contributed by atoms with Crippen molar-refractivity contribution < 1.29 is 9.59 Å². The molecule has 0 aliphatic rings. The van der Waals surface area contributed by atoms with Gasteiger partial charge in [-0.15, -0.1) is 11.8 Å². The number of hydrogen-bond donors (Lipinski definition) is 2. The van der Waals surface area contributed by atoms with Crippen LogP contribution in [0.5, 0.6) is 0 Å². The lowest BCUT2D eigenvalue weighted by Crippen LogP contribution is -2.49. The Kier molecular flexibility index (Phi) is 6.48. The van der Waals surface area contributed by atoms with E-state index in [9.17, 15) is 9.59 Å².